The highest BCUT2D eigenvalue weighted by Gasteiger charge is 2.01. The smallest absolute Gasteiger partial charge is 0.133 e. The van der Waals surface area contributed by atoms with Crippen LogP contribution >= 0.6 is 0 Å². The van der Waals surface area contributed by atoms with Crippen LogP contribution in [0.25, 0.3) is 22.1 Å². The lowest BCUT2D eigenvalue weighted by atomic mass is 10.0. The summed E-state index contributed by atoms with van der Waals surface area (Å²) < 4.78 is 18.1. The van der Waals surface area contributed by atoms with E-state index in [-0.39, 0.29) is 5.82 Å². The highest BCUT2D eigenvalue weighted by atomic mass is 19.1. The molecule has 0 aliphatic heterocycles. The molecule has 0 saturated heterocycles. The highest BCUT2D eigenvalue weighted by Crippen LogP contribution is 2.25. The lowest BCUT2D eigenvalue weighted by Crippen LogP contribution is -1.78. The van der Waals surface area contributed by atoms with E-state index >= 15 is 0 Å². The molecule has 0 aliphatic carbocycles. The third kappa shape index (κ3) is 1.48. The molecular formula is C14H9FO. The summed E-state index contributed by atoms with van der Waals surface area (Å²) in [6.45, 7) is 0. The van der Waals surface area contributed by atoms with E-state index in [0.717, 1.165) is 22.1 Å². The Bertz CT molecular complexity index is 623. The second-order valence-electron chi connectivity index (χ2n) is 3.68. The third-order valence-electron chi connectivity index (χ3n) is 2.63. The maximum atomic E-state index is 12.8. The van der Waals surface area contributed by atoms with Crippen LogP contribution in [-0.4, -0.2) is 0 Å². The number of furan rings is 1. The van der Waals surface area contributed by atoms with E-state index in [9.17, 15) is 4.39 Å². The summed E-state index contributed by atoms with van der Waals surface area (Å²) in [4.78, 5) is 0. The van der Waals surface area contributed by atoms with Crippen molar-refractivity contribution in [3.05, 3.63) is 60.6 Å². The van der Waals surface area contributed by atoms with Crippen molar-refractivity contribution in [2.75, 3.05) is 0 Å². The standard InChI is InChI=1S/C14H9FO/c15-13-4-1-10(2-5-13)11-3-6-14-12(9-11)7-8-16-14/h1-9H. The van der Waals surface area contributed by atoms with Crippen LogP contribution in [0.2, 0.25) is 0 Å². The first-order valence-electron chi connectivity index (χ1n) is 5.06. The molecule has 0 N–H and O–H groups in total. The van der Waals surface area contributed by atoms with E-state index in [1.165, 1.54) is 12.1 Å². The normalized spacial score (nSPS) is 10.8. The molecule has 0 aliphatic rings. The summed E-state index contributed by atoms with van der Waals surface area (Å²) >= 11 is 0. The Kier molecular flexibility index (Phi) is 2.00. The van der Waals surface area contributed by atoms with Crippen molar-refractivity contribution in [2.45, 2.75) is 0 Å². The van der Waals surface area contributed by atoms with Crippen LogP contribution < -0.4 is 0 Å². The lowest BCUT2D eigenvalue weighted by molar-refractivity contribution is 0.616. The first-order valence-corrected chi connectivity index (χ1v) is 5.06. The summed E-state index contributed by atoms with van der Waals surface area (Å²) in [5.74, 6) is -0.215. The molecule has 1 heterocycles. The quantitative estimate of drug-likeness (QED) is 0.588. The first kappa shape index (κ1) is 9.16. The number of hydrogen-bond acceptors (Lipinski definition) is 1. The fourth-order valence-corrected chi connectivity index (χ4v) is 1.79. The SMILES string of the molecule is Fc1ccc(-c2ccc3occc3c2)cc1. The Hall–Kier alpha value is -2.09. The minimum absolute atomic E-state index is 0.215. The number of hydrogen-bond donors (Lipinski definition) is 0. The lowest BCUT2D eigenvalue weighted by Gasteiger charge is -2.01. The van der Waals surface area contributed by atoms with Crippen molar-refractivity contribution in [1.82, 2.24) is 0 Å². The van der Waals surface area contributed by atoms with Crippen molar-refractivity contribution in [3.8, 4) is 11.1 Å². The van der Waals surface area contributed by atoms with Crippen LogP contribution in [0.1, 0.15) is 0 Å². The second-order valence-corrected chi connectivity index (χ2v) is 3.68. The van der Waals surface area contributed by atoms with E-state index in [1.54, 1.807) is 18.4 Å². The van der Waals surface area contributed by atoms with Gasteiger partial charge in [0.05, 0.1) is 6.26 Å². The molecule has 1 nitrogen and oxygen atoms in total. The van der Waals surface area contributed by atoms with Gasteiger partial charge in [-0.25, -0.2) is 4.39 Å². The molecule has 0 amide bonds. The minimum atomic E-state index is -0.215. The molecule has 0 saturated carbocycles. The summed E-state index contributed by atoms with van der Waals surface area (Å²) in [5.41, 5.74) is 2.93. The van der Waals surface area contributed by atoms with Gasteiger partial charge in [-0.05, 0) is 41.5 Å². The highest BCUT2D eigenvalue weighted by molar-refractivity contribution is 5.83. The molecule has 3 aromatic rings. The predicted octanol–water partition coefficient (Wildman–Crippen LogP) is 4.24. The zero-order chi connectivity index (χ0) is 11.0. The maximum absolute atomic E-state index is 12.8. The summed E-state index contributed by atoms with van der Waals surface area (Å²) in [6, 6.07) is 14.3. The summed E-state index contributed by atoms with van der Waals surface area (Å²) in [5, 5.41) is 1.06. The van der Waals surface area contributed by atoms with Gasteiger partial charge in [-0.15, -0.1) is 0 Å². The van der Waals surface area contributed by atoms with Gasteiger partial charge in [0.2, 0.25) is 0 Å². The van der Waals surface area contributed by atoms with Crippen molar-refractivity contribution >= 4 is 11.0 Å². The molecule has 16 heavy (non-hydrogen) atoms. The van der Waals surface area contributed by atoms with E-state index in [2.05, 4.69) is 0 Å². The molecule has 78 valence electrons. The van der Waals surface area contributed by atoms with Crippen molar-refractivity contribution in [2.24, 2.45) is 0 Å². The third-order valence-corrected chi connectivity index (χ3v) is 2.63. The van der Waals surface area contributed by atoms with E-state index in [0.29, 0.717) is 0 Å². The van der Waals surface area contributed by atoms with Gasteiger partial charge < -0.3 is 4.42 Å². The Morgan fingerprint density at radius 3 is 2.38 bits per heavy atom. The summed E-state index contributed by atoms with van der Waals surface area (Å²) in [6.07, 6.45) is 1.67. The molecule has 0 fully saturated rings. The van der Waals surface area contributed by atoms with Gasteiger partial charge in [-0.3, -0.25) is 0 Å². The fourth-order valence-electron chi connectivity index (χ4n) is 1.79. The van der Waals surface area contributed by atoms with Crippen LogP contribution in [0.3, 0.4) is 0 Å². The van der Waals surface area contributed by atoms with Crippen LogP contribution in [0.4, 0.5) is 4.39 Å². The zero-order valence-corrected chi connectivity index (χ0v) is 8.48. The molecule has 0 bridgehead atoms. The Morgan fingerprint density at radius 1 is 0.812 bits per heavy atom. The van der Waals surface area contributed by atoms with Crippen molar-refractivity contribution < 1.29 is 8.81 Å². The van der Waals surface area contributed by atoms with E-state index in [1.807, 2.05) is 24.3 Å². The van der Waals surface area contributed by atoms with Gasteiger partial charge in [-0.1, -0.05) is 18.2 Å². The molecule has 2 aromatic carbocycles. The maximum Gasteiger partial charge on any atom is 0.133 e. The molecule has 0 spiro atoms. The van der Waals surface area contributed by atoms with Crippen LogP contribution in [0.15, 0.2) is 59.2 Å². The fraction of sp³-hybridized carbons (Fsp3) is 0. The number of rotatable bonds is 1. The average Bonchev–Trinajstić information content (AvgIpc) is 2.77. The van der Waals surface area contributed by atoms with E-state index in [4.69, 9.17) is 4.42 Å². The van der Waals surface area contributed by atoms with Gasteiger partial charge in [0.25, 0.3) is 0 Å². The Labute approximate surface area is 92.1 Å². The Balaban J connectivity index is 2.14. The first-order chi connectivity index (χ1) is 7.83. The van der Waals surface area contributed by atoms with Gasteiger partial charge in [0, 0.05) is 5.39 Å². The molecular weight excluding hydrogens is 203 g/mol. The van der Waals surface area contributed by atoms with Gasteiger partial charge in [-0.2, -0.15) is 0 Å². The molecule has 0 unspecified atom stereocenters. The van der Waals surface area contributed by atoms with Gasteiger partial charge in [0.15, 0.2) is 0 Å². The number of fused-ring (bicyclic) bond motifs is 1. The van der Waals surface area contributed by atoms with E-state index < -0.39 is 0 Å². The largest absolute Gasteiger partial charge is 0.464 e. The van der Waals surface area contributed by atoms with Crippen LogP contribution in [0, 0.1) is 5.82 Å². The predicted molar refractivity (Wildman–Crippen MR) is 61.6 cm³/mol. The monoisotopic (exact) mass is 212 g/mol. The Morgan fingerprint density at radius 2 is 1.56 bits per heavy atom. The molecule has 1 aromatic heterocycles. The zero-order valence-electron chi connectivity index (χ0n) is 8.48. The average molecular weight is 212 g/mol. The molecule has 3 rings (SSSR count). The van der Waals surface area contributed by atoms with Crippen molar-refractivity contribution in [1.29, 1.82) is 0 Å². The number of halogens is 1. The molecule has 0 radical (unpaired) electrons. The van der Waals surface area contributed by atoms with Crippen molar-refractivity contribution in [3.63, 3.8) is 0 Å². The minimum Gasteiger partial charge on any atom is -0.464 e. The topological polar surface area (TPSA) is 13.1 Å². The number of benzene rings is 2. The summed E-state index contributed by atoms with van der Waals surface area (Å²) in [7, 11) is 0. The molecule has 0 atom stereocenters. The van der Waals surface area contributed by atoms with Gasteiger partial charge in [0.1, 0.15) is 11.4 Å². The van der Waals surface area contributed by atoms with Gasteiger partial charge >= 0.3 is 0 Å². The molecule has 2 heteroatoms. The van der Waals surface area contributed by atoms with Crippen LogP contribution in [0.5, 0.6) is 0 Å². The second kappa shape index (κ2) is 3.49. The van der Waals surface area contributed by atoms with Crippen LogP contribution in [-0.2, 0) is 0 Å².